The molecule has 2 rings (SSSR count). The van der Waals surface area contributed by atoms with Crippen molar-refractivity contribution in [1.29, 1.82) is 0 Å². The van der Waals surface area contributed by atoms with Gasteiger partial charge < -0.3 is 14.2 Å². The van der Waals surface area contributed by atoms with Crippen molar-refractivity contribution in [2.24, 2.45) is 0 Å². The second-order valence-electron chi connectivity index (χ2n) is 3.25. The molecular weight excluding hydrogens is 212 g/mol. The zero-order chi connectivity index (χ0) is 11.8. The predicted octanol–water partition coefficient (Wildman–Crippen LogP) is 0.829. The lowest BCUT2D eigenvalue weighted by Gasteiger charge is -2.32. The number of rotatable bonds is 2. The molecule has 0 saturated heterocycles. The molecule has 0 bridgehead atoms. The third-order valence-corrected chi connectivity index (χ3v) is 2.53. The molecule has 0 aromatic heterocycles. The van der Waals surface area contributed by atoms with Gasteiger partial charge in [-0.2, -0.15) is 0 Å². The van der Waals surface area contributed by atoms with Gasteiger partial charge in [0.15, 0.2) is 0 Å². The fourth-order valence-electron chi connectivity index (χ4n) is 1.73. The van der Waals surface area contributed by atoms with Crippen LogP contribution >= 0.6 is 0 Å². The van der Waals surface area contributed by atoms with E-state index in [1.54, 1.807) is 24.3 Å². The number of ether oxygens (including phenoxy) is 3. The first-order valence-corrected chi connectivity index (χ1v) is 4.62. The molecule has 0 aliphatic carbocycles. The van der Waals surface area contributed by atoms with Crippen LogP contribution in [-0.2, 0) is 24.8 Å². The van der Waals surface area contributed by atoms with Gasteiger partial charge in [0.25, 0.3) is 5.79 Å². The topological polar surface area (TPSA) is 61.8 Å². The van der Waals surface area contributed by atoms with Crippen LogP contribution in [0.2, 0.25) is 0 Å². The van der Waals surface area contributed by atoms with Crippen molar-refractivity contribution in [3.05, 3.63) is 35.4 Å². The van der Waals surface area contributed by atoms with E-state index in [1.165, 1.54) is 14.2 Å². The van der Waals surface area contributed by atoms with Crippen LogP contribution in [0.1, 0.15) is 15.9 Å². The molecule has 1 aromatic rings. The van der Waals surface area contributed by atoms with E-state index < -0.39 is 17.7 Å². The third-order valence-electron chi connectivity index (χ3n) is 2.53. The molecule has 0 atom stereocenters. The molecule has 1 heterocycles. The van der Waals surface area contributed by atoms with E-state index in [1.807, 2.05) is 0 Å². The molecule has 0 spiro atoms. The van der Waals surface area contributed by atoms with E-state index in [0.29, 0.717) is 5.56 Å². The van der Waals surface area contributed by atoms with Gasteiger partial charge in [0.05, 0.1) is 5.56 Å². The Labute approximate surface area is 91.9 Å². The van der Waals surface area contributed by atoms with Gasteiger partial charge in [-0.25, -0.2) is 9.59 Å². The van der Waals surface area contributed by atoms with Gasteiger partial charge in [-0.1, -0.05) is 18.2 Å². The minimum atomic E-state index is -1.65. The van der Waals surface area contributed by atoms with Gasteiger partial charge in [-0.05, 0) is 6.07 Å². The molecule has 5 nitrogen and oxygen atoms in total. The lowest BCUT2D eigenvalue weighted by atomic mass is 9.97. The summed E-state index contributed by atoms with van der Waals surface area (Å²) >= 11 is 0. The maximum Gasteiger partial charge on any atom is 0.379 e. The maximum atomic E-state index is 11.7. The molecule has 0 amide bonds. The Hall–Kier alpha value is -1.72. The molecule has 0 unspecified atom stereocenters. The second kappa shape index (κ2) is 3.70. The van der Waals surface area contributed by atoms with E-state index in [-0.39, 0.29) is 5.56 Å². The fraction of sp³-hybridized carbons (Fsp3) is 0.273. The number of carbonyl (C=O) groups excluding carboxylic acids is 2. The molecule has 0 saturated carbocycles. The van der Waals surface area contributed by atoms with Crippen molar-refractivity contribution < 1.29 is 23.8 Å². The summed E-state index contributed by atoms with van der Waals surface area (Å²) in [4.78, 5) is 23.1. The molecule has 0 N–H and O–H groups in total. The number of fused-ring (bicyclic) bond motifs is 1. The van der Waals surface area contributed by atoms with Gasteiger partial charge in [-0.15, -0.1) is 0 Å². The van der Waals surface area contributed by atoms with Gasteiger partial charge in [0, 0.05) is 19.8 Å². The monoisotopic (exact) mass is 222 g/mol. The van der Waals surface area contributed by atoms with Crippen LogP contribution < -0.4 is 0 Å². The van der Waals surface area contributed by atoms with Crippen molar-refractivity contribution >= 4 is 11.9 Å². The second-order valence-corrected chi connectivity index (χ2v) is 3.25. The SMILES string of the molecule is COC1(OC)C(=O)OC(=O)c2ccccc21. The van der Waals surface area contributed by atoms with E-state index >= 15 is 0 Å². The fourth-order valence-corrected chi connectivity index (χ4v) is 1.73. The number of cyclic esters (lactones) is 2. The standard InChI is InChI=1S/C11H10O5/c1-14-11(15-2)8-6-4-3-5-7(8)9(12)16-10(11)13/h3-6H,1-2H3. The number of methoxy groups -OCH3 is 2. The van der Waals surface area contributed by atoms with Crippen LogP contribution in [0, 0.1) is 0 Å². The molecule has 5 heteroatoms. The van der Waals surface area contributed by atoms with Gasteiger partial charge >= 0.3 is 11.9 Å². The Morgan fingerprint density at radius 3 is 2.38 bits per heavy atom. The van der Waals surface area contributed by atoms with Crippen LogP contribution in [0.25, 0.3) is 0 Å². The largest absolute Gasteiger partial charge is 0.385 e. The summed E-state index contributed by atoms with van der Waals surface area (Å²) in [7, 11) is 2.63. The number of carbonyl (C=O) groups is 2. The van der Waals surface area contributed by atoms with E-state index in [2.05, 4.69) is 4.74 Å². The molecule has 84 valence electrons. The van der Waals surface area contributed by atoms with Crippen molar-refractivity contribution in [3.63, 3.8) is 0 Å². The first-order valence-electron chi connectivity index (χ1n) is 4.62. The lowest BCUT2D eigenvalue weighted by molar-refractivity contribution is -0.233. The first kappa shape index (κ1) is 10.8. The Kier molecular flexibility index (Phi) is 2.49. The maximum absolute atomic E-state index is 11.7. The Bertz CT molecular complexity index is 447. The number of hydrogen-bond donors (Lipinski definition) is 0. The minimum Gasteiger partial charge on any atom is -0.385 e. The van der Waals surface area contributed by atoms with E-state index in [0.717, 1.165) is 0 Å². The highest BCUT2D eigenvalue weighted by molar-refractivity contribution is 6.04. The van der Waals surface area contributed by atoms with E-state index in [4.69, 9.17) is 9.47 Å². The normalized spacial score (nSPS) is 17.9. The first-order chi connectivity index (χ1) is 7.65. The lowest BCUT2D eigenvalue weighted by Crippen LogP contribution is -2.46. The molecule has 1 aromatic carbocycles. The summed E-state index contributed by atoms with van der Waals surface area (Å²) in [6.45, 7) is 0. The zero-order valence-electron chi connectivity index (χ0n) is 8.85. The summed E-state index contributed by atoms with van der Waals surface area (Å²) < 4.78 is 14.7. The van der Waals surface area contributed by atoms with Crippen molar-refractivity contribution in [2.45, 2.75) is 5.79 Å². The van der Waals surface area contributed by atoms with Crippen LogP contribution in [0.4, 0.5) is 0 Å². The van der Waals surface area contributed by atoms with Crippen LogP contribution in [0.5, 0.6) is 0 Å². The zero-order valence-corrected chi connectivity index (χ0v) is 8.85. The van der Waals surface area contributed by atoms with Crippen LogP contribution in [0.15, 0.2) is 24.3 Å². The van der Waals surface area contributed by atoms with Gasteiger partial charge in [-0.3, -0.25) is 0 Å². The number of benzene rings is 1. The molecule has 0 fully saturated rings. The smallest absolute Gasteiger partial charge is 0.379 e. The molecule has 16 heavy (non-hydrogen) atoms. The third kappa shape index (κ3) is 1.26. The summed E-state index contributed by atoms with van der Waals surface area (Å²) in [6.07, 6.45) is 0. The average Bonchev–Trinajstić information content (AvgIpc) is 2.31. The highest BCUT2D eigenvalue weighted by atomic mass is 16.7. The quantitative estimate of drug-likeness (QED) is 0.421. The number of esters is 2. The molecular formula is C11H10O5. The molecule has 0 radical (unpaired) electrons. The van der Waals surface area contributed by atoms with Crippen molar-refractivity contribution in [3.8, 4) is 0 Å². The van der Waals surface area contributed by atoms with E-state index in [9.17, 15) is 9.59 Å². The van der Waals surface area contributed by atoms with Crippen molar-refractivity contribution in [2.75, 3.05) is 14.2 Å². The van der Waals surface area contributed by atoms with Crippen LogP contribution in [-0.4, -0.2) is 26.2 Å². The Morgan fingerprint density at radius 2 is 1.75 bits per heavy atom. The highest BCUT2D eigenvalue weighted by Gasteiger charge is 2.50. The summed E-state index contributed by atoms with van der Waals surface area (Å²) in [5.41, 5.74) is 0.632. The average molecular weight is 222 g/mol. The predicted molar refractivity (Wildman–Crippen MR) is 52.6 cm³/mol. The molecule has 1 aliphatic heterocycles. The van der Waals surface area contributed by atoms with Crippen molar-refractivity contribution in [1.82, 2.24) is 0 Å². The Balaban J connectivity index is 2.68. The summed E-state index contributed by atoms with van der Waals surface area (Å²) in [6, 6.07) is 6.51. The minimum absolute atomic E-state index is 0.269. The summed E-state index contributed by atoms with van der Waals surface area (Å²) in [5, 5.41) is 0. The van der Waals surface area contributed by atoms with Gasteiger partial charge in [0.1, 0.15) is 0 Å². The Morgan fingerprint density at radius 1 is 1.12 bits per heavy atom. The number of hydrogen-bond acceptors (Lipinski definition) is 5. The highest BCUT2D eigenvalue weighted by Crippen LogP contribution is 2.34. The summed E-state index contributed by atoms with van der Waals surface area (Å²) in [5.74, 6) is -3.20. The van der Waals surface area contributed by atoms with Gasteiger partial charge in [0.2, 0.25) is 0 Å². The molecule has 1 aliphatic rings. The van der Waals surface area contributed by atoms with Crippen LogP contribution in [0.3, 0.4) is 0 Å².